The van der Waals surface area contributed by atoms with Crippen LogP contribution in [0.2, 0.25) is 0 Å². The van der Waals surface area contributed by atoms with Gasteiger partial charge >= 0.3 is 6.18 Å². The van der Waals surface area contributed by atoms with Crippen LogP contribution in [0.15, 0.2) is 48.8 Å². The van der Waals surface area contributed by atoms with Gasteiger partial charge in [0.25, 0.3) is 5.91 Å². The average Bonchev–Trinajstić information content (AvgIpc) is 3.10. The molecule has 0 bridgehead atoms. The molecule has 1 saturated carbocycles. The summed E-state index contributed by atoms with van der Waals surface area (Å²) < 4.78 is 54.3. The zero-order valence-electron chi connectivity index (χ0n) is 16.5. The number of hydrogen-bond donors (Lipinski definition) is 1. The van der Waals surface area contributed by atoms with E-state index < -0.39 is 29.4 Å². The third kappa shape index (κ3) is 4.28. The Morgan fingerprint density at radius 2 is 1.97 bits per heavy atom. The van der Waals surface area contributed by atoms with E-state index in [0.29, 0.717) is 24.9 Å². The molecule has 6 nitrogen and oxygen atoms in total. The van der Waals surface area contributed by atoms with Crippen LogP contribution in [0.5, 0.6) is 0 Å². The van der Waals surface area contributed by atoms with Crippen LogP contribution >= 0.6 is 0 Å². The molecule has 1 aromatic carbocycles. The largest absolute Gasteiger partial charge is 0.433 e. The van der Waals surface area contributed by atoms with E-state index in [4.69, 9.17) is 0 Å². The second-order valence-electron chi connectivity index (χ2n) is 7.76. The maximum Gasteiger partial charge on any atom is 0.433 e. The summed E-state index contributed by atoms with van der Waals surface area (Å²) in [5, 5.41) is 10.5. The highest BCUT2D eigenvalue weighted by Gasteiger charge is 2.47. The number of aryl methyl sites for hydroxylation is 1. The summed E-state index contributed by atoms with van der Waals surface area (Å²) in [5.74, 6) is -0.0444. The smallest absolute Gasteiger partial charge is 0.321 e. The minimum atomic E-state index is -4.64. The van der Waals surface area contributed by atoms with E-state index in [1.807, 2.05) is 13.1 Å². The van der Waals surface area contributed by atoms with Gasteiger partial charge in [-0.15, -0.1) is 10.2 Å². The van der Waals surface area contributed by atoms with Crippen molar-refractivity contribution >= 4 is 11.6 Å². The van der Waals surface area contributed by atoms with Gasteiger partial charge in [0.2, 0.25) is 0 Å². The van der Waals surface area contributed by atoms with Gasteiger partial charge < -0.3 is 9.88 Å². The topological polar surface area (TPSA) is 72.7 Å². The number of halogens is 4. The molecule has 0 radical (unpaired) electrons. The Morgan fingerprint density at radius 3 is 2.61 bits per heavy atom. The number of rotatable bonds is 5. The quantitative estimate of drug-likeness (QED) is 0.615. The van der Waals surface area contributed by atoms with Gasteiger partial charge in [-0.05, 0) is 42.7 Å². The van der Waals surface area contributed by atoms with Crippen molar-refractivity contribution < 1.29 is 22.4 Å². The predicted molar refractivity (Wildman–Crippen MR) is 104 cm³/mol. The van der Waals surface area contributed by atoms with Crippen molar-refractivity contribution in [1.82, 2.24) is 19.7 Å². The van der Waals surface area contributed by atoms with Gasteiger partial charge in [-0.2, -0.15) is 13.2 Å². The summed E-state index contributed by atoms with van der Waals surface area (Å²) >= 11 is 0. The first-order valence-electron chi connectivity index (χ1n) is 9.59. The maximum absolute atomic E-state index is 13.9. The Morgan fingerprint density at radius 1 is 1.23 bits per heavy atom. The summed E-state index contributed by atoms with van der Waals surface area (Å²) in [4.78, 5) is 15.9. The van der Waals surface area contributed by atoms with Gasteiger partial charge in [-0.3, -0.25) is 4.79 Å². The molecule has 0 saturated heterocycles. The molecule has 1 aliphatic carbocycles. The Kier molecular flexibility index (Phi) is 5.24. The summed E-state index contributed by atoms with van der Waals surface area (Å²) in [6.45, 7) is 0. The number of nitrogens with zero attached hydrogens (tertiary/aromatic N) is 4. The lowest BCUT2D eigenvalue weighted by Crippen LogP contribution is -2.45. The Bertz CT molecular complexity index is 1100. The maximum atomic E-state index is 13.9. The number of pyridine rings is 1. The highest BCUT2D eigenvalue weighted by Crippen LogP contribution is 2.48. The standard InChI is InChI=1S/C21H19F4N5O/c1-30-12-26-29-18(30)11-20(9-14(22)10-20)13-4-2-5-15(8-13)27-19(31)16-6-3-7-17(28-16)21(23,24)25/h2-8,12,14H,9-11H2,1H3,(H,27,31). The monoisotopic (exact) mass is 433 g/mol. The number of carbonyl (C=O) groups excluding carboxylic acids is 1. The summed E-state index contributed by atoms with van der Waals surface area (Å²) in [5.41, 5.74) is -0.767. The Hall–Kier alpha value is -3.30. The number of nitrogens with one attached hydrogen (secondary N) is 1. The van der Waals surface area contributed by atoms with Crippen LogP contribution in [0.4, 0.5) is 23.2 Å². The molecule has 1 amide bonds. The first-order chi connectivity index (χ1) is 14.7. The van der Waals surface area contributed by atoms with Gasteiger partial charge in [0.05, 0.1) is 0 Å². The number of benzene rings is 1. The van der Waals surface area contributed by atoms with Crippen molar-refractivity contribution in [2.24, 2.45) is 7.05 Å². The number of aromatic nitrogens is 4. The lowest BCUT2D eigenvalue weighted by Gasteiger charge is -2.44. The third-order valence-corrected chi connectivity index (χ3v) is 5.53. The van der Waals surface area contributed by atoms with Crippen molar-refractivity contribution in [3.8, 4) is 0 Å². The molecule has 1 fully saturated rings. The SMILES string of the molecule is Cn1cnnc1CC1(c2cccc(NC(=O)c3cccc(C(F)(F)F)n3)c2)CC(F)C1. The Labute approximate surface area is 175 Å². The molecule has 4 rings (SSSR count). The van der Waals surface area contributed by atoms with E-state index in [9.17, 15) is 22.4 Å². The zero-order valence-corrected chi connectivity index (χ0v) is 16.5. The van der Waals surface area contributed by atoms with Crippen molar-refractivity contribution in [1.29, 1.82) is 0 Å². The van der Waals surface area contributed by atoms with Crippen molar-refractivity contribution in [2.45, 2.75) is 37.0 Å². The van der Waals surface area contributed by atoms with Gasteiger partial charge in [0.15, 0.2) is 0 Å². The molecule has 1 N–H and O–H groups in total. The number of amides is 1. The van der Waals surface area contributed by atoms with Gasteiger partial charge in [-0.1, -0.05) is 18.2 Å². The van der Waals surface area contributed by atoms with E-state index in [1.54, 1.807) is 29.1 Å². The van der Waals surface area contributed by atoms with Crippen molar-refractivity contribution in [2.75, 3.05) is 5.32 Å². The van der Waals surface area contributed by atoms with Crippen LogP contribution < -0.4 is 5.32 Å². The van der Waals surface area contributed by atoms with Gasteiger partial charge in [0.1, 0.15) is 29.7 Å². The molecule has 162 valence electrons. The molecule has 2 heterocycles. The molecule has 0 unspecified atom stereocenters. The number of carbonyl (C=O) groups is 1. The predicted octanol–water partition coefficient (Wildman–Crippen LogP) is 4.09. The fourth-order valence-electron chi connectivity index (χ4n) is 3.88. The second kappa shape index (κ2) is 7.75. The highest BCUT2D eigenvalue weighted by atomic mass is 19.4. The molecule has 0 aliphatic heterocycles. The van der Waals surface area contributed by atoms with Crippen LogP contribution in [0.3, 0.4) is 0 Å². The van der Waals surface area contributed by atoms with Crippen LogP contribution in [-0.4, -0.2) is 31.8 Å². The lowest BCUT2D eigenvalue weighted by molar-refractivity contribution is -0.141. The first-order valence-corrected chi connectivity index (χ1v) is 9.59. The highest BCUT2D eigenvalue weighted by molar-refractivity contribution is 6.02. The van der Waals surface area contributed by atoms with Crippen LogP contribution in [-0.2, 0) is 25.1 Å². The van der Waals surface area contributed by atoms with Crippen LogP contribution in [0, 0.1) is 0 Å². The summed E-state index contributed by atoms with van der Waals surface area (Å²) in [6.07, 6.45) is -2.89. The van der Waals surface area contributed by atoms with E-state index in [-0.39, 0.29) is 5.69 Å². The Balaban J connectivity index is 1.57. The van der Waals surface area contributed by atoms with E-state index in [0.717, 1.165) is 23.5 Å². The average molecular weight is 433 g/mol. The fourth-order valence-corrected chi connectivity index (χ4v) is 3.88. The van der Waals surface area contributed by atoms with Crippen molar-refractivity contribution in [3.63, 3.8) is 0 Å². The number of alkyl halides is 4. The fraction of sp³-hybridized carbons (Fsp3) is 0.333. The second-order valence-corrected chi connectivity index (χ2v) is 7.76. The molecule has 3 aromatic rings. The number of anilines is 1. The van der Waals surface area contributed by atoms with Crippen molar-refractivity contribution in [3.05, 3.63) is 71.6 Å². The summed E-state index contributed by atoms with van der Waals surface area (Å²) in [6, 6.07) is 10.0. The molecule has 0 atom stereocenters. The summed E-state index contributed by atoms with van der Waals surface area (Å²) in [7, 11) is 1.81. The molecule has 2 aromatic heterocycles. The molecular weight excluding hydrogens is 414 g/mol. The van der Waals surface area contributed by atoms with E-state index >= 15 is 0 Å². The van der Waals surface area contributed by atoms with E-state index in [2.05, 4.69) is 20.5 Å². The molecule has 1 aliphatic rings. The minimum absolute atomic E-state index is 0.312. The van der Waals surface area contributed by atoms with Crippen LogP contribution in [0.25, 0.3) is 0 Å². The molecule has 31 heavy (non-hydrogen) atoms. The normalized spacial score (nSPS) is 20.9. The van der Waals surface area contributed by atoms with E-state index in [1.165, 1.54) is 6.07 Å². The lowest BCUT2D eigenvalue weighted by atomic mass is 9.61. The first kappa shape index (κ1) is 21.0. The van der Waals surface area contributed by atoms with Gasteiger partial charge in [-0.25, -0.2) is 9.37 Å². The molecule has 0 spiro atoms. The van der Waals surface area contributed by atoms with Gasteiger partial charge in [0, 0.05) is 24.6 Å². The number of hydrogen-bond acceptors (Lipinski definition) is 4. The molecule has 10 heteroatoms. The zero-order chi connectivity index (χ0) is 22.2. The molecular formula is C21H19F4N5O. The van der Waals surface area contributed by atoms with Crippen LogP contribution in [0.1, 0.15) is 40.4 Å². The minimum Gasteiger partial charge on any atom is -0.321 e. The third-order valence-electron chi connectivity index (χ3n) is 5.53.